The molecule has 0 aromatic carbocycles. The molecular formula is C15H28N2OS. The lowest BCUT2D eigenvalue weighted by atomic mass is 10.0. The number of amides is 1. The summed E-state index contributed by atoms with van der Waals surface area (Å²) in [5.41, 5.74) is 5.74. The number of nitrogens with two attached hydrogens (primary N) is 1. The van der Waals surface area contributed by atoms with Crippen molar-refractivity contribution in [3.63, 3.8) is 0 Å². The van der Waals surface area contributed by atoms with Gasteiger partial charge in [0.25, 0.3) is 0 Å². The third kappa shape index (κ3) is 3.28. The summed E-state index contributed by atoms with van der Waals surface area (Å²) >= 11 is 4.93. The van der Waals surface area contributed by atoms with E-state index in [1.54, 1.807) is 0 Å². The van der Waals surface area contributed by atoms with Gasteiger partial charge in [-0.1, -0.05) is 53.8 Å². The van der Waals surface area contributed by atoms with Gasteiger partial charge < -0.3 is 10.6 Å². The van der Waals surface area contributed by atoms with E-state index in [1.165, 1.54) is 0 Å². The van der Waals surface area contributed by atoms with Gasteiger partial charge in [0.2, 0.25) is 5.91 Å². The third-order valence-electron chi connectivity index (χ3n) is 4.79. The molecular weight excluding hydrogens is 256 g/mol. The van der Waals surface area contributed by atoms with Crippen molar-refractivity contribution in [2.24, 2.45) is 28.4 Å². The van der Waals surface area contributed by atoms with E-state index in [1.807, 2.05) is 4.90 Å². The fraction of sp³-hybridized carbons (Fsp3) is 0.867. The van der Waals surface area contributed by atoms with Crippen LogP contribution >= 0.6 is 12.2 Å². The zero-order chi connectivity index (χ0) is 15.0. The van der Waals surface area contributed by atoms with Crippen LogP contribution in [0.2, 0.25) is 0 Å². The van der Waals surface area contributed by atoms with E-state index >= 15 is 0 Å². The monoisotopic (exact) mass is 284 g/mol. The number of hydrogen-bond acceptors (Lipinski definition) is 2. The summed E-state index contributed by atoms with van der Waals surface area (Å²) in [6, 6.07) is 0. The maximum absolute atomic E-state index is 12.7. The topological polar surface area (TPSA) is 46.3 Å². The van der Waals surface area contributed by atoms with E-state index in [0.29, 0.717) is 23.9 Å². The average Bonchev–Trinajstić information content (AvgIpc) is 2.62. The van der Waals surface area contributed by atoms with Gasteiger partial charge in [-0.05, 0) is 16.7 Å². The van der Waals surface area contributed by atoms with E-state index in [0.717, 1.165) is 6.54 Å². The molecule has 2 N–H and O–H groups in total. The summed E-state index contributed by atoms with van der Waals surface area (Å²) in [4.78, 5) is 15.2. The smallest absolute Gasteiger partial charge is 0.226 e. The number of carbonyl (C=O) groups is 1. The SMILES string of the molecule is CC(C)CN(CCC(N)=S)C(=O)C1C(C)(C)C1(C)C. The van der Waals surface area contributed by atoms with Crippen molar-refractivity contribution < 1.29 is 4.79 Å². The van der Waals surface area contributed by atoms with Crippen molar-refractivity contribution in [3.05, 3.63) is 0 Å². The van der Waals surface area contributed by atoms with Crippen LogP contribution < -0.4 is 5.73 Å². The van der Waals surface area contributed by atoms with Crippen molar-refractivity contribution in [1.82, 2.24) is 4.90 Å². The van der Waals surface area contributed by atoms with Crippen LogP contribution in [0.1, 0.15) is 48.0 Å². The summed E-state index contributed by atoms with van der Waals surface area (Å²) in [6.45, 7) is 14.4. The van der Waals surface area contributed by atoms with Gasteiger partial charge in [-0.25, -0.2) is 0 Å². The first-order valence-corrected chi connectivity index (χ1v) is 7.49. The first-order valence-electron chi connectivity index (χ1n) is 7.09. The van der Waals surface area contributed by atoms with E-state index < -0.39 is 0 Å². The molecule has 0 unspecified atom stereocenters. The van der Waals surface area contributed by atoms with Crippen LogP contribution in [0.3, 0.4) is 0 Å². The van der Waals surface area contributed by atoms with Gasteiger partial charge in [0.05, 0.1) is 4.99 Å². The average molecular weight is 284 g/mol. The first kappa shape index (κ1) is 16.4. The standard InChI is InChI=1S/C15H28N2OS/c1-10(2)9-17(8-7-11(16)19)13(18)12-14(3,4)15(12,5)6/h10,12H,7-9H2,1-6H3,(H2,16,19). The quantitative estimate of drug-likeness (QED) is 0.763. The molecule has 1 rings (SSSR count). The van der Waals surface area contributed by atoms with Crippen molar-refractivity contribution in [3.8, 4) is 0 Å². The molecule has 1 fully saturated rings. The maximum atomic E-state index is 12.7. The van der Waals surface area contributed by atoms with E-state index in [4.69, 9.17) is 18.0 Å². The molecule has 3 nitrogen and oxygen atoms in total. The van der Waals surface area contributed by atoms with Crippen LogP contribution in [0, 0.1) is 22.7 Å². The molecule has 1 amide bonds. The minimum Gasteiger partial charge on any atom is -0.393 e. The Kier molecular flexibility index (Phi) is 4.66. The molecule has 1 saturated carbocycles. The molecule has 0 saturated heterocycles. The minimum absolute atomic E-state index is 0.0858. The molecule has 0 aromatic heterocycles. The molecule has 4 heteroatoms. The van der Waals surface area contributed by atoms with Gasteiger partial charge in [0.15, 0.2) is 0 Å². The molecule has 0 atom stereocenters. The first-order chi connectivity index (χ1) is 8.51. The van der Waals surface area contributed by atoms with Crippen LogP contribution in [0.4, 0.5) is 0 Å². The predicted octanol–water partition coefficient (Wildman–Crippen LogP) is 2.83. The summed E-state index contributed by atoms with van der Waals surface area (Å²) in [6.07, 6.45) is 0.612. The van der Waals surface area contributed by atoms with Gasteiger partial charge in [0, 0.05) is 25.4 Å². The summed E-state index contributed by atoms with van der Waals surface area (Å²) in [7, 11) is 0. The molecule has 1 aliphatic carbocycles. The highest BCUT2D eigenvalue weighted by molar-refractivity contribution is 7.80. The number of nitrogens with zero attached hydrogens (tertiary/aromatic N) is 1. The van der Waals surface area contributed by atoms with Crippen LogP contribution in [0.5, 0.6) is 0 Å². The van der Waals surface area contributed by atoms with E-state index in [9.17, 15) is 4.79 Å². The number of thiocarbonyl (C=S) groups is 1. The van der Waals surface area contributed by atoms with E-state index in [2.05, 4.69) is 41.5 Å². The molecule has 0 spiro atoms. The van der Waals surface area contributed by atoms with Crippen LogP contribution in [-0.4, -0.2) is 28.9 Å². The van der Waals surface area contributed by atoms with Crippen molar-refractivity contribution in [2.45, 2.75) is 48.0 Å². The Bertz CT molecular complexity index is 360. The lowest BCUT2D eigenvalue weighted by Crippen LogP contribution is -2.38. The van der Waals surface area contributed by atoms with Crippen molar-refractivity contribution >= 4 is 23.1 Å². The van der Waals surface area contributed by atoms with Crippen LogP contribution in [0.15, 0.2) is 0 Å². The maximum Gasteiger partial charge on any atom is 0.226 e. The molecule has 1 aliphatic rings. The summed E-state index contributed by atoms with van der Waals surface area (Å²) in [5.74, 6) is 0.838. The second kappa shape index (κ2) is 5.39. The largest absolute Gasteiger partial charge is 0.393 e. The fourth-order valence-corrected chi connectivity index (χ4v) is 3.06. The molecule has 0 aliphatic heterocycles. The van der Waals surface area contributed by atoms with Gasteiger partial charge in [-0.15, -0.1) is 0 Å². The van der Waals surface area contributed by atoms with Crippen LogP contribution in [-0.2, 0) is 4.79 Å². The highest BCUT2D eigenvalue weighted by Gasteiger charge is 2.68. The highest BCUT2D eigenvalue weighted by Crippen LogP contribution is 2.68. The molecule has 110 valence electrons. The zero-order valence-corrected chi connectivity index (χ0v) is 13.9. The second-order valence-corrected chi connectivity index (χ2v) is 7.80. The summed E-state index contributed by atoms with van der Waals surface area (Å²) in [5, 5.41) is 0. The Balaban J connectivity index is 2.76. The fourth-order valence-electron chi connectivity index (χ4n) is 2.97. The van der Waals surface area contributed by atoms with Crippen molar-refractivity contribution in [1.29, 1.82) is 0 Å². The highest BCUT2D eigenvalue weighted by atomic mass is 32.1. The van der Waals surface area contributed by atoms with Gasteiger partial charge >= 0.3 is 0 Å². The van der Waals surface area contributed by atoms with Gasteiger partial charge in [0.1, 0.15) is 0 Å². The Hall–Kier alpha value is -0.640. The lowest BCUT2D eigenvalue weighted by Gasteiger charge is -2.25. The Labute approximate surface area is 122 Å². The van der Waals surface area contributed by atoms with Gasteiger partial charge in [-0.2, -0.15) is 0 Å². The van der Waals surface area contributed by atoms with Crippen molar-refractivity contribution in [2.75, 3.05) is 13.1 Å². The second-order valence-electron chi connectivity index (χ2n) is 7.27. The minimum atomic E-state index is 0.0858. The molecule has 0 heterocycles. The number of rotatable bonds is 6. The molecule has 19 heavy (non-hydrogen) atoms. The lowest BCUT2D eigenvalue weighted by molar-refractivity contribution is -0.134. The van der Waals surface area contributed by atoms with Gasteiger partial charge in [-0.3, -0.25) is 4.79 Å². The zero-order valence-electron chi connectivity index (χ0n) is 13.1. The third-order valence-corrected chi connectivity index (χ3v) is 5.00. The van der Waals surface area contributed by atoms with Crippen LogP contribution in [0.25, 0.3) is 0 Å². The normalized spacial score (nSPS) is 20.4. The molecule has 0 aromatic rings. The number of hydrogen-bond donors (Lipinski definition) is 1. The molecule has 0 bridgehead atoms. The Morgan fingerprint density at radius 2 is 1.74 bits per heavy atom. The predicted molar refractivity (Wildman–Crippen MR) is 83.9 cm³/mol. The Morgan fingerprint density at radius 1 is 1.26 bits per heavy atom. The Morgan fingerprint density at radius 3 is 2.05 bits per heavy atom. The molecule has 0 radical (unpaired) electrons. The summed E-state index contributed by atoms with van der Waals surface area (Å²) < 4.78 is 0. The number of carbonyl (C=O) groups excluding carboxylic acids is 1. The van der Waals surface area contributed by atoms with E-state index in [-0.39, 0.29) is 22.7 Å².